The van der Waals surface area contributed by atoms with Crippen LogP contribution in [0.25, 0.3) is 0 Å². The Hall–Kier alpha value is -2.04. The van der Waals surface area contributed by atoms with E-state index in [4.69, 9.17) is 0 Å². The molecule has 1 aliphatic heterocycles. The van der Waals surface area contributed by atoms with E-state index in [1.807, 2.05) is 46.8 Å². The van der Waals surface area contributed by atoms with Crippen LogP contribution in [0.3, 0.4) is 0 Å². The van der Waals surface area contributed by atoms with E-state index in [9.17, 15) is 9.59 Å². The highest BCUT2D eigenvalue weighted by Gasteiger charge is 2.38. The molecule has 0 atom stereocenters. The quantitative estimate of drug-likeness (QED) is 0.737. The van der Waals surface area contributed by atoms with Crippen molar-refractivity contribution in [3.8, 4) is 0 Å². The Labute approximate surface area is 119 Å². The average molecular weight is 275 g/mol. The lowest BCUT2D eigenvalue weighted by Gasteiger charge is -2.21. The first kappa shape index (κ1) is 14.4. The van der Waals surface area contributed by atoms with Crippen molar-refractivity contribution in [3.05, 3.63) is 23.8 Å². The maximum Gasteiger partial charge on any atom is 0.319 e. The third kappa shape index (κ3) is 2.76. The van der Waals surface area contributed by atoms with Crippen molar-refractivity contribution in [1.82, 2.24) is 5.32 Å². The van der Waals surface area contributed by atoms with Gasteiger partial charge in [-0.1, -0.05) is 0 Å². The van der Waals surface area contributed by atoms with Gasteiger partial charge in [-0.25, -0.2) is 4.79 Å². The predicted molar refractivity (Wildman–Crippen MR) is 80.0 cm³/mol. The molecule has 0 aliphatic carbocycles. The van der Waals surface area contributed by atoms with Gasteiger partial charge in [0.1, 0.15) is 0 Å². The van der Waals surface area contributed by atoms with E-state index in [0.29, 0.717) is 5.69 Å². The number of rotatable bonds is 1. The molecule has 0 saturated heterocycles. The summed E-state index contributed by atoms with van der Waals surface area (Å²) in [5.74, 6) is -0.0243. The summed E-state index contributed by atoms with van der Waals surface area (Å²) in [6, 6.07) is 5.18. The highest BCUT2D eigenvalue weighted by molar-refractivity contribution is 6.06. The van der Waals surface area contributed by atoms with Crippen LogP contribution in [0.2, 0.25) is 0 Å². The van der Waals surface area contributed by atoms with E-state index in [1.54, 1.807) is 6.07 Å². The number of hydrogen-bond acceptors (Lipinski definition) is 2. The molecule has 1 aromatic rings. The molecule has 1 aliphatic rings. The van der Waals surface area contributed by atoms with E-state index in [-0.39, 0.29) is 17.5 Å². The lowest BCUT2D eigenvalue weighted by molar-refractivity contribution is -0.119. The van der Waals surface area contributed by atoms with Gasteiger partial charge in [-0.05, 0) is 58.4 Å². The molecular formula is C15H21N3O2. The van der Waals surface area contributed by atoms with Crippen molar-refractivity contribution >= 4 is 23.3 Å². The van der Waals surface area contributed by atoms with Crippen molar-refractivity contribution in [2.75, 3.05) is 10.6 Å². The zero-order valence-electron chi connectivity index (χ0n) is 12.5. The minimum atomic E-state index is -0.576. The molecule has 1 aromatic carbocycles. The molecule has 3 N–H and O–H groups in total. The van der Waals surface area contributed by atoms with E-state index in [0.717, 1.165) is 11.3 Å². The molecule has 0 unspecified atom stereocenters. The molecular weight excluding hydrogens is 254 g/mol. The summed E-state index contributed by atoms with van der Waals surface area (Å²) < 4.78 is 0. The summed E-state index contributed by atoms with van der Waals surface area (Å²) in [7, 11) is 0. The van der Waals surface area contributed by atoms with Crippen LogP contribution in [0.5, 0.6) is 0 Å². The van der Waals surface area contributed by atoms with Crippen LogP contribution in [-0.2, 0) is 10.2 Å². The monoisotopic (exact) mass is 275 g/mol. The van der Waals surface area contributed by atoms with Gasteiger partial charge in [-0.15, -0.1) is 0 Å². The number of hydrogen-bond donors (Lipinski definition) is 3. The number of urea groups is 1. The molecule has 1 heterocycles. The smallest absolute Gasteiger partial charge is 0.319 e. The summed E-state index contributed by atoms with van der Waals surface area (Å²) in [6.45, 7) is 9.49. The molecule has 5 nitrogen and oxygen atoms in total. The van der Waals surface area contributed by atoms with Gasteiger partial charge in [0.25, 0.3) is 0 Å². The zero-order chi connectivity index (χ0) is 15.1. The first-order valence-electron chi connectivity index (χ1n) is 6.65. The zero-order valence-corrected chi connectivity index (χ0v) is 12.5. The van der Waals surface area contributed by atoms with Gasteiger partial charge in [0, 0.05) is 16.9 Å². The highest BCUT2D eigenvalue weighted by Crippen LogP contribution is 2.38. The van der Waals surface area contributed by atoms with Gasteiger partial charge in [-0.3, -0.25) is 4.79 Å². The summed E-state index contributed by atoms with van der Waals surface area (Å²) in [6.07, 6.45) is 0. The molecule has 0 fully saturated rings. The SMILES string of the molecule is CC(C)(C)NC(=O)Nc1ccc2c(c1)C(C)(C)C(=O)N2. The fourth-order valence-corrected chi connectivity index (χ4v) is 2.15. The number of carbonyl (C=O) groups excluding carboxylic acids is 2. The topological polar surface area (TPSA) is 70.2 Å². The summed E-state index contributed by atoms with van der Waals surface area (Å²) in [4.78, 5) is 23.7. The van der Waals surface area contributed by atoms with Crippen molar-refractivity contribution in [1.29, 1.82) is 0 Å². The Morgan fingerprint density at radius 3 is 2.50 bits per heavy atom. The third-order valence-electron chi connectivity index (χ3n) is 3.26. The highest BCUT2D eigenvalue weighted by atomic mass is 16.2. The van der Waals surface area contributed by atoms with E-state index in [1.165, 1.54) is 0 Å². The standard InChI is InChI=1S/C15H21N3O2/c1-14(2,3)18-13(20)16-9-6-7-11-10(8-9)15(4,5)12(19)17-11/h6-8H,1-5H3,(H,17,19)(H2,16,18,20). The Balaban J connectivity index is 2.19. The average Bonchev–Trinajstić information content (AvgIpc) is 2.48. The molecule has 0 bridgehead atoms. The summed E-state index contributed by atoms with van der Waals surface area (Å²) >= 11 is 0. The van der Waals surface area contributed by atoms with Gasteiger partial charge in [-0.2, -0.15) is 0 Å². The Morgan fingerprint density at radius 2 is 1.90 bits per heavy atom. The number of anilines is 2. The van der Waals surface area contributed by atoms with Gasteiger partial charge in [0.15, 0.2) is 0 Å². The fourth-order valence-electron chi connectivity index (χ4n) is 2.15. The second-order valence-electron chi connectivity index (χ2n) is 6.67. The normalized spacial score (nSPS) is 16.4. The number of carbonyl (C=O) groups is 2. The van der Waals surface area contributed by atoms with Gasteiger partial charge < -0.3 is 16.0 Å². The van der Waals surface area contributed by atoms with Gasteiger partial charge in [0.05, 0.1) is 5.41 Å². The Kier molecular flexibility index (Phi) is 3.24. The summed E-state index contributed by atoms with van der Waals surface area (Å²) in [5, 5.41) is 8.46. The predicted octanol–water partition coefficient (Wildman–Crippen LogP) is 2.84. The minimum absolute atomic E-state index is 0.0243. The van der Waals surface area contributed by atoms with E-state index >= 15 is 0 Å². The summed E-state index contributed by atoms with van der Waals surface area (Å²) in [5.41, 5.74) is 1.51. The molecule has 0 aromatic heterocycles. The minimum Gasteiger partial charge on any atom is -0.333 e. The van der Waals surface area contributed by atoms with Crippen LogP contribution in [0.1, 0.15) is 40.2 Å². The molecule has 0 spiro atoms. The molecule has 3 amide bonds. The van der Waals surface area contributed by atoms with Crippen LogP contribution >= 0.6 is 0 Å². The number of nitrogens with one attached hydrogen (secondary N) is 3. The maximum atomic E-state index is 11.9. The van der Waals surface area contributed by atoms with Crippen molar-refractivity contribution in [3.63, 3.8) is 0 Å². The third-order valence-corrected chi connectivity index (χ3v) is 3.26. The van der Waals surface area contributed by atoms with Gasteiger partial charge in [0.2, 0.25) is 5.91 Å². The van der Waals surface area contributed by atoms with E-state index < -0.39 is 5.41 Å². The van der Waals surface area contributed by atoms with Crippen LogP contribution in [-0.4, -0.2) is 17.5 Å². The van der Waals surface area contributed by atoms with Crippen LogP contribution in [0.4, 0.5) is 16.2 Å². The van der Waals surface area contributed by atoms with Gasteiger partial charge >= 0.3 is 6.03 Å². The molecule has 5 heteroatoms. The first-order chi connectivity index (χ1) is 9.09. The first-order valence-corrected chi connectivity index (χ1v) is 6.65. The Morgan fingerprint density at radius 1 is 1.25 bits per heavy atom. The number of benzene rings is 1. The molecule has 20 heavy (non-hydrogen) atoms. The van der Waals surface area contributed by atoms with Crippen LogP contribution in [0, 0.1) is 0 Å². The van der Waals surface area contributed by atoms with Crippen LogP contribution in [0.15, 0.2) is 18.2 Å². The fraction of sp³-hybridized carbons (Fsp3) is 0.467. The lowest BCUT2D eigenvalue weighted by atomic mass is 9.86. The van der Waals surface area contributed by atoms with Crippen molar-refractivity contribution in [2.45, 2.75) is 45.6 Å². The molecule has 108 valence electrons. The molecule has 0 saturated carbocycles. The lowest BCUT2D eigenvalue weighted by Crippen LogP contribution is -2.43. The van der Waals surface area contributed by atoms with Crippen LogP contribution < -0.4 is 16.0 Å². The Bertz CT molecular complexity index is 571. The van der Waals surface area contributed by atoms with Crippen molar-refractivity contribution < 1.29 is 9.59 Å². The molecule has 2 rings (SSSR count). The van der Waals surface area contributed by atoms with E-state index in [2.05, 4.69) is 16.0 Å². The van der Waals surface area contributed by atoms with Crippen molar-refractivity contribution in [2.24, 2.45) is 0 Å². The largest absolute Gasteiger partial charge is 0.333 e. The second kappa shape index (κ2) is 4.51. The number of amides is 3. The molecule has 0 radical (unpaired) electrons. The maximum absolute atomic E-state index is 11.9. The second-order valence-corrected chi connectivity index (χ2v) is 6.67. The number of fused-ring (bicyclic) bond motifs is 1.